The molecule has 2 unspecified atom stereocenters. The lowest BCUT2D eigenvalue weighted by Gasteiger charge is -2.35. The molecule has 0 fully saturated rings. The van der Waals surface area contributed by atoms with Crippen molar-refractivity contribution in [1.29, 1.82) is 0 Å². The molecule has 0 amide bonds. The van der Waals surface area contributed by atoms with Crippen LogP contribution in [0, 0.1) is 5.41 Å². The molecule has 0 saturated heterocycles. The zero-order valence-corrected chi connectivity index (χ0v) is 12.4. The molecule has 1 aromatic rings. The van der Waals surface area contributed by atoms with Crippen LogP contribution in [0.2, 0.25) is 0 Å². The van der Waals surface area contributed by atoms with E-state index in [4.69, 9.17) is 0 Å². The molecule has 1 rings (SSSR count). The molecule has 0 heterocycles. The topological polar surface area (TPSA) is 23.5 Å². The Kier molecular flexibility index (Phi) is 5.36. The van der Waals surface area contributed by atoms with Gasteiger partial charge in [-0.1, -0.05) is 51.1 Å². The van der Waals surface area contributed by atoms with Gasteiger partial charge in [-0.2, -0.15) is 0 Å². The highest BCUT2D eigenvalue weighted by Crippen LogP contribution is 2.24. The number of benzene rings is 1. The standard InChI is InChI=1S/C16H27NO/c1-13(16(2,3)4)17(5)12-11-15(18)14-9-7-6-8-10-14/h6-10,13,15,18H,11-12H2,1-5H3. The van der Waals surface area contributed by atoms with Crippen molar-refractivity contribution in [1.82, 2.24) is 4.90 Å². The second kappa shape index (κ2) is 6.35. The lowest BCUT2D eigenvalue weighted by Crippen LogP contribution is -2.40. The summed E-state index contributed by atoms with van der Waals surface area (Å²) in [6.07, 6.45) is 0.418. The summed E-state index contributed by atoms with van der Waals surface area (Å²) < 4.78 is 0. The minimum Gasteiger partial charge on any atom is -0.388 e. The van der Waals surface area contributed by atoms with Crippen LogP contribution in [0.15, 0.2) is 30.3 Å². The van der Waals surface area contributed by atoms with Gasteiger partial charge in [0.25, 0.3) is 0 Å². The largest absolute Gasteiger partial charge is 0.388 e. The minimum atomic E-state index is -0.360. The monoisotopic (exact) mass is 249 g/mol. The summed E-state index contributed by atoms with van der Waals surface area (Å²) in [7, 11) is 2.13. The highest BCUT2D eigenvalue weighted by atomic mass is 16.3. The number of aliphatic hydroxyl groups is 1. The first-order valence-electron chi connectivity index (χ1n) is 6.75. The third kappa shape index (κ3) is 4.43. The van der Waals surface area contributed by atoms with Crippen LogP contribution in [0.1, 0.15) is 45.8 Å². The molecule has 0 saturated carbocycles. The van der Waals surface area contributed by atoms with E-state index >= 15 is 0 Å². The summed E-state index contributed by atoms with van der Waals surface area (Å²) in [4.78, 5) is 2.33. The molecule has 0 radical (unpaired) electrons. The summed E-state index contributed by atoms with van der Waals surface area (Å²) in [5.41, 5.74) is 1.28. The van der Waals surface area contributed by atoms with E-state index in [1.807, 2.05) is 30.3 Å². The van der Waals surface area contributed by atoms with E-state index in [1.165, 1.54) is 0 Å². The van der Waals surface area contributed by atoms with Crippen LogP contribution in [-0.4, -0.2) is 29.6 Å². The van der Waals surface area contributed by atoms with E-state index in [-0.39, 0.29) is 11.5 Å². The van der Waals surface area contributed by atoms with Crippen molar-refractivity contribution in [3.05, 3.63) is 35.9 Å². The Balaban J connectivity index is 2.46. The van der Waals surface area contributed by atoms with Gasteiger partial charge >= 0.3 is 0 Å². The lowest BCUT2D eigenvalue weighted by molar-refractivity contribution is 0.104. The Morgan fingerprint density at radius 1 is 1.17 bits per heavy atom. The van der Waals surface area contributed by atoms with Gasteiger partial charge in [-0.25, -0.2) is 0 Å². The molecule has 102 valence electrons. The van der Waals surface area contributed by atoms with Crippen molar-refractivity contribution in [2.24, 2.45) is 5.41 Å². The average molecular weight is 249 g/mol. The molecule has 1 aromatic carbocycles. The van der Waals surface area contributed by atoms with Crippen LogP contribution in [0.25, 0.3) is 0 Å². The number of hydrogen-bond acceptors (Lipinski definition) is 2. The Hall–Kier alpha value is -0.860. The fourth-order valence-electron chi connectivity index (χ4n) is 2.02. The van der Waals surface area contributed by atoms with Crippen molar-refractivity contribution < 1.29 is 5.11 Å². The predicted molar refractivity (Wildman–Crippen MR) is 77.6 cm³/mol. The molecule has 0 aliphatic carbocycles. The maximum atomic E-state index is 10.1. The quantitative estimate of drug-likeness (QED) is 0.863. The fraction of sp³-hybridized carbons (Fsp3) is 0.625. The SMILES string of the molecule is CC(N(C)CCC(O)c1ccccc1)C(C)(C)C. The van der Waals surface area contributed by atoms with Gasteiger partial charge in [0.15, 0.2) is 0 Å². The Morgan fingerprint density at radius 3 is 2.22 bits per heavy atom. The number of aliphatic hydroxyl groups excluding tert-OH is 1. The Bertz CT molecular complexity index is 342. The smallest absolute Gasteiger partial charge is 0.0802 e. The fourth-order valence-corrected chi connectivity index (χ4v) is 2.02. The summed E-state index contributed by atoms with van der Waals surface area (Å²) >= 11 is 0. The average Bonchev–Trinajstić information content (AvgIpc) is 2.34. The van der Waals surface area contributed by atoms with Gasteiger partial charge in [0.2, 0.25) is 0 Å². The van der Waals surface area contributed by atoms with Gasteiger partial charge in [0, 0.05) is 12.6 Å². The Morgan fingerprint density at radius 2 is 1.72 bits per heavy atom. The van der Waals surface area contributed by atoms with E-state index in [0.717, 1.165) is 18.5 Å². The normalized spacial score (nSPS) is 15.7. The first kappa shape index (κ1) is 15.2. The van der Waals surface area contributed by atoms with E-state index in [9.17, 15) is 5.11 Å². The van der Waals surface area contributed by atoms with E-state index in [0.29, 0.717) is 6.04 Å². The maximum Gasteiger partial charge on any atom is 0.0802 e. The molecule has 2 heteroatoms. The number of hydrogen-bond donors (Lipinski definition) is 1. The molecule has 0 bridgehead atoms. The molecule has 2 nitrogen and oxygen atoms in total. The predicted octanol–water partition coefficient (Wildman–Crippen LogP) is 3.48. The molecule has 1 N–H and O–H groups in total. The second-order valence-corrected chi connectivity index (χ2v) is 6.24. The highest BCUT2D eigenvalue weighted by molar-refractivity contribution is 5.17. The number of nitrogens with zero attached hydrogens (tertiary/aromatic N) is 1. The molecular weight excluding hydrogens is 222 g/mol. The third-order valence-corrected chi connectivity index (χ3v) is 3.85. The van der Waals surface area contributed by atoms with Crippen molar-refractivity contribution in [2.45, 2.75) is 46.3 Å². The summed E-state index contributed by atoms with van der Waals surface area (Å²) in [5, 5.41) is 10.1. The first-order valence-corrected chi connectivity index (χ1v) is 6.75. The minimum absolute atomic E-state index is 0.270. The maximum absolute atomic E-state index is 10.1. The van der Waals surface area contributed by atoms with Gasteiger partial charge in [0.1, 0.15) is 0 Å². The molecule has 0 aliphatic rings. The summed E-state index contributed by atoms with van der Waals surface area (Å²) in [6.45, 7) is 9.91. The van der Waals surface area contributed by atoms with Crippen molar-refractivity contribution in [3.8, 4) is 0 Å². The van der Waals surface area contributed by atoms with E-state index < -0.39 is 0 Å². The lowest BCUT2D eigenvalue weighted by atomic mass is 9.87. The van der Waals surface area contributed by atoms with Crippen LogP contribution in [0.4, 0.5) is 0 Å². The van der Waals surface area contributed by atoms with Crippen molar-refractivity contribution in [3.63, 3.8) is 0 Å². The van der Waals surface area contributed by atoms with E-state index in [1.54, 1.807) is 0 Å². The van der Waals surface area contributed by atoms with Crippen molar-refractivity contribution in [2.75, 3.05) is 13.6 Å². The van der Waals surface area contributed by atoms with Crippen LogP contribution >= 0.6 is 0 Å². The molecule has 2 atom stereocenters. The zero-order valence-electron chi connectivity index (χ0n) is 12.4. The molecule has 0 spiro atoms. The Labute approximate surface area is 112 Å². The van der Waals surface area contributed by atoms with Crippen LogP contribution in [-0.2, 0) is 0 Å². The van der Waals surface area contributed by atoms with Gasteiger partial charge < -0.3 is 10.0 Å². The molecular formula is C16H27NO. The van der Waals surface area contributed by atoms with E-state index in [2.05, 4.69) is 39.6 Å². The van der Waals surface area contributed by atoms with Gasteiger partial charge in [-0.05, 0) is 31.4 Å². The van der Waals surface area contributed by atoms with Gasteiger partial charge in [-0.3, -0.25) is 0 Å². The summed E-state index contributed by atoms with van der Waals surface area (Å²) in [5.74, 6) is 0. The van der Waals surface area contributed by atoms with Crippen molar-refractivity contribution >= 4 is 0 Å². The van der Waals surface area contributed by atoms with Crippen LogP contribution in [0.5, 0.6) is 0 Å². The summed E-state index contributed by atoms with van der Waals surface area (Å²) in [6, 6.07) is 10.4. The third-order valence-electron chi connectivity index (χ3n) is 3.85. The number of rotatable bonds is 5. The molecule has 0 aliphatic heterocycles. The first-order chi connectivity index (χ1) is 8.32. The molecule has 18 heavy (non-hydrogen) atoms. The van der Waals surface area contributed by atoms with Gasteiger partial charge in [0.05, 0.1) is 6.10 Å². The van der Waals surface area contributed by atoms with Crippen LogP contribution in [0.3, 0.4) is 0 Å². The van der Waals surface area contributed by atoms with Crippen LogP contribution < -0.4 is 0 Å². The molecule has 0 aromatic heterocycles. The highest BCUT2D eigenvalue weighted by Gasteiger charge is 2.23. The van der Waals surface area contributed by atoms with Gasteiger partial charge in [-0.15, -0.1) is 0 Å². The zero-order chi connectivity index (χ0) is 13.8. The second-order valence-electron chi connectivity index (χ2n) is 6.24.